The van der Waals surface area contributed by atoms with Gasteiger partial charge in [-0.15, -0.1) is 0 Å². The molecule has 1 N–H and O–H groups in total. The van der Waals surface area contributed by atoms with E-state index in [1.165, 1.54) is 12.7 Å². The van der Waals surface area contributed by atoms with E-state index in [-0.39, 0.29) is 11.8 Å². The van der Waals surface area contributed by atoms with Crippen LogP contribution in [0.4, 0.5) is 0 Å². The van der Waals surface area contributed by atoms with Crippen molar-refractivity contribution in [1.29, 1.82) is 0 Å². The Kier molecular flexibility index (Phi) is 5.31. The largest absolute Gasteiger partial charge is 0.465 e. The molecule has 0 aliphatic rings. The van der Waals surface area contributed by atoms with Crippen molar-refractivity contribution in [3.05, 3.63) is 71.3 Å². The van der Waals surface area contributed by atoms with Gasteiger partial charge in [0.05, 0.1) is 12.7 Å². The van der Waals surface area contributed by atoms with Crippen LogP contribution in [0.3, 0.4) is 0 Å². The first-order chi connectivity index (χ1) is 10.6. The highest BCUT2D eigenvalue weighted by atomic mass is 16.5. The third-order valence-corrected chi connectivity index (χ3v) is 3.51. The maximum atomic E-state index is 12.1. The molecule has 22 heavy (non-hydrogen) atoms. The topological polar surface area (TPSA) is 55.4 Å². The second kappa shape index (κ2) is 7.41. The van der Waals surface area contributed by atoms with Gasteiger partial charge in [0.1, 0.15) is 0 Å². The summed E-state index contributed by atoms with van der Waals surface area (Å²) in [6.45, 7) is 2.62. The van der Waals surface area contributed by atoms with Crippen molar-refractivity contribution >= 4 is 11.9 Å². The average Bonchev–Trinajstić information content (AvgIpc) is 2.59. The van der Waals surface area contributed by atoms with Crippen LogP contribution in [-0.4, -0.2) is 25.5 Å². The van der Waals surface area contributed by atoms with E-state index in [1.54, 1.807) is 24.3 Å². The first-order valence-electron chi connectivity index (χ1n) is 7.13. The summed E-state index contributed by atoms with van der Waals surface area (Å²) in [7, 11) is 1.33. The summed E-state index contributed by atoms with van der Waals surface area (Å²) >= 11 is 0. The zero-order chi connectivity index (χ0) is 15.9. The number of carbonyl (C=O) groups excluding carboxylic acids is 2. The highest BCUT2D eigenvalue weighted by Crippen LogP contribution is 2.13. The van der Waals surface area contributed by atoms with Gasteiger partial charge in [0.15, 0.2) is 0 Å². The van der Waals surface area contributed by atoms with E-state index in [1.807, 2.05) is 30.3 Å². The lowest BCUT2D eigenvalue weighted by Gasteiger charge is -2.13. The molecule has 1 atom stereocenters. The molecule has 0 saturated carbocycles. The van der Waals surface area contributed by atoms with Gasteiger partial charge < -0.3 is 10.1 Å². The predicted molar refractivity (Wildman–Crippen MR) is 85.0 cm³/mol. The Bertz CT molecular complexity index is 635. The molecule has 0 aliphatic heterocycles. The van der Waals surface area contributed by atoms with Crippen LogP contribution in [0.2, 0.25) is 0 Å². The van der Waals surface area contributed by atoms with E-state index in [2.05, 4.69) is 17.0 Å². The molecule has 2 aromatic rings. The summed E-state index contributed by atoms with van der Waals surface area (Å²) < 4.78 is 4.63. The van der Waals surface area contributed by atoms with Crippen LogP contribution < -0.4 is 5.32 Å². The lowest BCUT2D eigenvalue weighted by Crippen LogP contribution is -2.27. The molecule has 0 saturated heterocycles. The maximum Gasteiger partial charge on any atom is 0.337 e. The minimum absolute atomic E-state index is 0.154. The van der Waals surface area contributed by atoms with Gasteiger partial charge in [-0.2, -0.15) is 0 Å². The summed E-state index contributed by atoms with van der Waals surface area (Å²) in [6, 6.07) is 16.4. The number of amides is 1. The lowest BCUT2D eigenvalue weighted by molar-refractivity contribution is 0.0600. The third-order valence-electron chi connectivity index (χ3n) is 3.51. The quantitative estimate of drug-likeness (QED) is 0.863. The molecule has 0 bridgehead atoms. The Morgan fingerprint density at radius 2 is 1.59 bits per heavy atom. The third kappa shape index (κ3) is 3.95. The standard InChI is InChI=1S/C18H19NO3/c1-13(14-6-4-3-5-7-14)12-19-17(20)15-8-10-16(11-9-15)18(21)22-2/h3-11,13H,12H2,1-2H3,(H,19,20). The Morgan fingerprint density at radius 1 is 1.00 bits per heavy atom. The fraction of sp³-hybridized carbons (Fsp3) is 0.222. The van der Waals surface area contributed by atoms with Gasteiger partial charge in [-0.05, 0) is 35.7 Å². The Labute approximate surface area is 130 Å². The van der Waals surface area contributed by atoms with Crippen LogP contribution in [0.5, 0.6) is 0 Å². The zero-order valence-electron chi connectivity index (χ0n) is 12.7. The van der Waals surface area contributed by atoms with Crippen molar-refractivity contribution in [3.8, 4) is 0 Å². The number of carbonyl (C=O) groups is 2. The number of hydrogen-bond acceptors (Lipinski definition) is 3. The van der Waals surface area contributed by atoms with E-state index in [9.17, 15) is 9.59 Å². The molecule has 4 nitrogen and oxygen atoms in total. The molecule has 4 heteroatoms. The number of hydrogen-bond donors (Lipinski definition) is 1. The molecule has 0 aromatic heterocycles. The van der Waals surface area contributed by atoms with Gasteiger partial charge in [0, 0.05) is 12.1 Å². The van der Waals surface area contributed by atoms with Crippen molar-refractivity contribution in [2.45, 2.75) is 12.8 Å². The molecule has 0 heterocycles. The smallest absolute Gasteiger partial charge is 0.337 e. The number of methoxy groups -OCH3 is 1. The zero-order valence-corrected chi connectivity index (χ0v) is 12.7. The Hall–Kier alpha value is -2.62. The summed E-state index contributed by atoms with van der Waals surface area (Å²) in [6.07, 6.45) is 0. The summed E-state index contributed by atoms with van der Waals surface area (Å²) in [4.78, 5) is 23.4. The average molecular weight is 297 g/mol. The molecule has 0 radical (unpaired) electrons. The fourth-order valence-electron chi connectivity index (χ4n) is 2.12. The summed E-state index contributed by atoms with van der Waals surface area (Å²) in [5, 5.41) is 2.90. The number of nitrogens with one attached hydrogen (secondary N) is 1. The molecule has 2 rings (SSSR count). The van der Waals surface area contributed by atoms with Gasteiger partial charge >= 0.3 is 5.97 Å². The van der Waals surface area contributed by atoms with Crippen LogP contribution in [0.1, 0.15) is 39.1 Å². The van der Waals surface area contributed by atoms with Crippen molar-refractivity contribution < 1.29 is 14.3 Å². The fourth-order valence-corrected chi connectivity index (χ4v) is 2.12. The van der Waals surface area contributed by atoms with E-state index in [4.69, 9.17) is 0 Å². The van der Waals surface area contributed by atoms with Crippen LogP contribution >= 0.6 is 0 Å². The van der Waals surface area contributed by atoms with Gasteiger partial charge in [0.25, 0.3) is 5.91 Å². The highest BCUT2D eigenvalue weighted by molar-refractivity contribution is 5.96. The first kappa shape index (κ1) is 15.8. The minimum Gasteiger partial charge on any atom is -0.465 e. The Balaban J connectivity index is 1.93. The molecular formula is C18H19NO3. The van der Waals surface area contributed by atoms with E-state index >= 15 is 0 Å². The van der Waals surface area contributed by atoms with Crippen molar-refractivity contribution in [3.63, 3.8) is 0 Å². The summed E-state index contributed by atoms with van der Waals surface area (Å²) in [5.41, 5.74) is 2.13. The van der Waals surface area contributed by atoms with Crippen LogP contribution in [0.15, 0.2) is 54.6 Å². The normalized spacial score (nSPS) is 11.5. The monoisotopic (exact) mass is 297 g/mol. The number of benzene rings is 2. The predicted octanol–water partition coefficient (Wildman–Crippen LogP) is 3.01. The number of esters is 1. The molecule has 2 aromatic carbocycles. The molecule has 1 unspecified atom stereocenters. The number of rotatable bonds is 5. The number of ether oxygens (including phenoxy) is 1. The maximum absolute atomic E-state index is 12.1. The Morgan fingerprint density at radius 3 is 2.18 bits per heavy atom. The van der Waals surface area contributed by atoms with Crippen LogP contribution in [-0.2, 0) is 4.74 Å². The second-order valence-corrected chi connectivity index (χ2v) is 5.09. The van der Waals surface area contributed by atoms with Crippen LogP contribution in [0.25, 0.3) is 0 Å². The molecule has 0 spiro atoms. The minimum atomic E-state index is -0.412. The molecule has 114 valence electrons. The summed E-state index contributed by atoms with van der Waals surface area (Å²) in [5.74, 6) is -0.330. The first-order valence-corrected chi connectivity index (χ1v) is 7.13. The molecular weight excluding hydrogens is 278 g/mol. The van der Waals surface area contributed by atoms with E-state index in [0.717, 1.165) is 0 Å². The highest BCUT2D eigenvalue weighted by Gasteiger charge is 2.11. The van der Waals surface area contributed by atoms with E-state index < -0.39 is 5.97 Å². The van der Waals surface area contributed by atoms with Crippen molar-refractivity contribution in [2.75, 3.05) is 13.7 Å². The molecule has 0 aliphatic carbocycles. The van der Waals surface area contributed by atoms with Crippen molar-refractivity contribution in [2.24, 2.45) is 0 Å². The van der Waals surface area contributed by atoms with E-state index in [0.29, 0.717) is 17.7 Å². The molecule has 1 amide bonds. The SMILES string of the molecule is COC(=O)c1ccc(C(=O)NCC(C)c2ccccc2)cc1. The second-order valence-electron chi connectivity index (χ2n) is 5.09. The van der Waals surface area contributed by atoms with Gasteiger partial charge in [-0.1, -0.05) is 37.3 Å². The molecule has 0 fully saturated rings. The van der Waals surface area contributed by atoms with Gasteiger partial charge in [-0.25, -0.2) is 4.79 Å². The van der Waals surface area contributed by atoms with Gasteiger partial charge in [-0.3, -0.25) is 4.79 Å². The van der Waals surface area contributed by atoms with Crippen LogP contribution in [0, 0.1) is 0 Å². The van der Waals surface area contributed by atoms with Gasteiger partial charge in [0.2, 0.25) is 0 Å². The van der Waals surface area contributed by atoms with Crippen molar-refractivity contribution in [1.82, 2.24) is 5.32 Å². The lowest BCUT2D eigenvalue weighted by atomic mass is 10.0.